The molecule has 0 fully saturated rings. The monoisotopic (exact) mass is 252 g/mol. The number of carbonyl (C=O) groups is 1. The lowest BCUT2D eigenvalue weighted by molar-refractivity contribution is 0.111. The number of halogens is 4. The third kappa shape index (κ3) is 2.09. The third-order valence-electron chi connectivity index (χ3n) is 1.46. The molecule has 5 heteroatoms. The molecule has 0 aliphatic rings. The maximum Gasteiger partial charge on any atom is 0.266 e. The standard InChI is InChI=1S/C8H4BrF3O/c9-5-1-4(3-13)7(10)6(2-5)8(11)12/h1-3,8H. The number of rotatable bonds is 2. The molecule has 0 aliphatic carbocycles. The molecule has 13 heavy (non-hydrogen) atoms. The third-order valence-corrected chi connectivity index (χ3v) is 1.91. The Morgan fingerprint density at radius 1 is 1.38 bits per heavy atom. The molecule has 0 saturated carbocycles. The minimum Gasteiger partial charge on any atom is -0.298 e. The number of carbonyl (C=O) groups excluding carboxylic acids is 1. The van der Waals surface area contributed by atoms with Crippen LogP contribution in [-0.2, 0) is 0 Å². The van der Waals surface area contributed by atoms with Crippen LogP contribution in [0, 0.1) is 5.82 Å². The summed E-state index contributed by atoms with van der Waals surface area (Å²) in [4.78, 5) is 10.2. The summed E-state index contributed by atoms with van der Waals surface area (Å²) in [5, 5.41) is 0. The molecule has 0 bridgehead atoms. The van der Waals surface area contributed by atoms with Gasteiger partial charge in [-0.1, -0.05) is 15.9 Å². The van der Waals surface area contributed by atoms with Gasteiger partial charge in [-0.2, -0.15) is 0 Å². The van der Waals surface area contributed by atoms with Crippen LogP contribution in [0.1, 0.15) is 22.3 Å². The lowest BCUT2D eigenvalue weighted by Gasteiger charge is -2.04. The van der Waals surface area contributed by atoms with Crippen molar-refractivity contribution in [2.45, 2.75) is 6.43 Å². The summed E-state index contributed by atoms with van der Waals surface area (Å²) in [6.07, 6.45) is -2.72. The summed E-state index contributed by atoms with van der Waals surface area (Å²) in [6.45, 7) is 0. The van der Waals surface area contributed by atoms with E-state index in [2.05, 4.69) is 15.9 Å². The van der Waals surface area contributed by atoms with Gasteiger partial charge in [0.05, 0.1) is 11.1 Å². The van der Waals surface area contributed by atoms with E-state index in [1.165, 1.54) is 0 Å². The van der Waals surface area contributed by atoms with Crippen LogP contribution in [-0.4, -0.2) is 6.29 Å². The molecule has 0 N–H and O–H groups in total. The first-order chi connectivity index (χ1) is 6.06. The van der Waals surface area contributed by atoms with Gasteiger partial charge in [0, 0.05) is 4.47 Å². The van der Waals surface area contributed by atoms with Crippen LogP contribution in [0.5, 0.6) is 0 Å². The van der Waals surface area contributed by atoms with Gasteiger partial charge in [-0.3, -0.25) is 4.79 Å². The van der Waals surface area contributed by atoms with E-state index in [0.717, 1.165) is 12.1 Å². The Bertz CT molecular complexity index is 338. The highest BCUT2D eigenvalue weighted by molar-refractivity contribution is 9.10. The topological polar surface area (TPSA) is 17.1 Å². The molecular weight excluding hydrogens is 249 g/mol. The Labute approximate surface area is 80.7 Å². The first kappa shape index (κ1) is 10.2. The summed E-state index contributed by atoms with van der Waals surface area (Å²) in [7, 11) is 0. The molecule has 1 rings (SSSR count). The quantitative estimate of drug-likeness (QED) is 0.738. The van der Waals surface area contributed by atoms with Crippen LogP contribution >= 0.6 is 15.9 Å². The number of aldehydes is 1. The average molecular weight is 253 g/mol. The maximum absolute atomic E-state index is 13.0. The van der Waals surface area contributed by atoms with E-state index in [1.807, 2.05) is 0 Å². The van der Waals surface area contributed by atoms with Gasteiger partial charge in [-0.25, -0.2) is 13.2 Å². The van der Waals surface area contributed by atoms with Crippen molar-refractivity contribution in [2.75, 3.05) is 0 Å². The zero-order valence-electron chi connectivity index (χ0n) is 6.23. The zero-order valence-corrected chi connectivity index (χ0v) is 7.82. The Morgan fingerprint density at radius 3 is 2.46 bits per heavy atom. The van der Waals surface area contributed by atoms with Gasteiger partial charge in [0.15, 0.2) is 6.29 Å². The second kappa shape index (κ2) is 3.91. The van der Waals surface area contributed by atoms with E-state index in [4.69, 9.17) is 0 Å². The molecule has 0 saturated heterocycles. The molecule has 1 aromatic carbocycles. The second-order valence-corrected chi connectivity index (χ2v) is 3.23. The van der Waals surface area contributed by atoms with Crippen molar-refractivity contribution in [3.8, 4) is 0 Å². The summed E-state index contributed by atoms with van der Waals surface area (Å²) in [5.74, 6) is -1.16. The molecule has 1 aromatic rings. The van der Waals surface area contributed by atoms with Crippen molar-refractivity contribution >= 4 is 22.2 Å². The van der Waals surface area contributed by atoms with Crippen molar-refractivity contribution in [2.24, 2.45) is 0 Å². The summed E-state index contributed by atoms with van der Waals surface area (Å²) >= 11 is 2.90. The first-order valence-corrected chi connectivity index (χ1v) is 4.08. The van der Waals surface area contributed by atoms with Gasteiger partial charge < -0.3 is 0 Å². The van der Waals surface area contributed by atoms with Crippen LogP contribution in [0.4, 0.5) is 13.2 Å². The Balaban J connectivity index is 3.35. The fourth-order valence-corrected chi connectivity index (χ4v) is 1.37. The molecule has 0 heterocycles. The Kier molecular flexibility index (Phi) is 3.08. The maximum atomic E-state index is 13.0. The van der Waals surface area contributed by atoms with Crippen molar-refractivity contribution < 1.29 is 18.0 Å². The van der Waals surface area contributed by atoms with Crippen molar-refractivity contribution in [3.63, 3.8) is 0 Å². The molecule has 0 amide bonds. The second-order valence-electron chi connectivity index (χ2n) is 2.32. The van der Waals surface area contributed by atoms with Gasteiger partial charge in [-0.05, 0) is 12.1 Å². The van der Waals surface area contributed by atoms with Crippen LogP contribution in [0.3, 0.4) is 0 Å². The Hall–Kier alpha value is -0.840. The van der Waals surface area contributed by atoms with E-state index in [-0.39, 0.29) is 16.3 Å². The normalized spacial score (nSPS) is 10.5. The molecule has 1 nitrogen and oxygen atoms in total. The summed E-state index contributed by atoms with van der Waals surface area (Å²) in [5.41, 5.74) is -1.14. The lowest BCUT2D eigenvalue weighted by Crippen LogP contribution is -1.96. The molecule has 0 atom stereocenters. The highest BCUT2D eigenvalue weighted by Crippen LogP contribution is 2.27. The van der Waals surface area contributed by atoms with E-state index < -0.39 is 17.8 Å². The van der Waals surface area contributed by atoms with Gasteiger partial charge in [0.25, 0.3) is 6.43 Å². The number of hydrogen-bond acceptors (Lipinski definition) is 1. The largest absolute Gasteiger partial charge is 0.298 e. The van der Waals surface area contributed by atoms with Crippen LogP contribution in [0.25, 0.3) is 0 Å². The molecule has 0 spiro atoms. The zero-order chi connectivity index (χ0) is 10.0. The molecule has 0 aromatic heterocycles. The SMILES string of the molecule is O=Cc1cc(Br)cc(C(F)F)c1F. The smallest absolute Gasteiger partial charge is 0.266 e. The van der Waals surface area contributed by atoms with Gasteiger partial charge in [0.1, 0.15) is 5.82 Å². The minimum atomic E-state index is -2.92. The van der Waals surface area contributed by atoms with Gasteiger partial charge in [-0.15, -0.1) is 0 Å². The number of benzene rings is 1. The predicted octanol–water partition coefficient (Wildman–Crippen LogP) is 3.34. The highest BCUT2D eigenvalue weighted by Gasteiger charge is 2.17. The van der Waals surface area contributed by atoms with E-state index in [9.17, 15) is 18.0 Å². The average Bonchev–Trinajstić information content (AvgIpc) is 2.08. The summed E-state index contributed by atoms with van der Waals surface area (Å²) in [6, 6.07) is 2.10. The van der Waals surface area contributed by atoms with Crippen molar-refractivity contribution in [1.82, 2.24) is 0 Å². The fraction of sp³-hybridized carbons (Fsp3) is 0.125. The van der Waals surface area contributed by atoms with Crippen LogP contribution in [0.2, 0.25) is 0 Å². The minimum absolute atomic E-state index is 0.200. The number of alkyl halides is 2. The van der Waals surface area contributed by atoms with Crippen molar-refractivity contribution in [1.29, 1.82) is 0 Å². The summed E-state index contributed by atoms with van der Waals surface area (Å²) < 4.78 is 37.5. The fourth-order valence-electron chi connectivity index (χ4n) is 0.877. The van der Waals surface area contributed by atoms with Gasteiger partial charge in [0.2, 0.25) is 0 Å². The van der Waals surface area contributed by atoms with Crippen molar-refractivity contribution in [3.05, 3.63) is 33.5 Å². The van der Waals surface area contributed by atoms with Crippen LogP contribution < -0.4 is 0 Å². The lowest BCUT2D eigenvalue weighted by atomic mass is 10.1. The number of hydrogen-bond donors (Lipinski definition) is 0. The first-order valence-electron chi connectivity index (χ1n) is 3.28. The molecule has 0 unspecified atom stereocenters. The van der Waals surface area contributed by atoms with E-state index >= 15 is 0 Å². The molecule has 0 radical (unpaired) electrons. The van der Waals surface area contributed by atoms with Crippen LogP contribution in [0.15, 0.2) is 16.6 Å². The van der Waals surface area contributed by atoms with E-state index in [0.29, 0.717) is 0 Å². The predicted molar refractivity (Wildman–Crippen MR) is 44.4 cm³/mol. The Morgan fingerprint density at radius 2 is 2.00 bits per heavy atom. The molecule has 70 valence electrons. The molecular formula is C8H4BrF3O. The molecule has 0 aliphatic heterocycles. The van der Waals surface area contributed by atoms with E-state index in [1.54, 1.807) is 0 Å². The highest BCUT2D eigenvalue weighted by atomic mass is 79.9. The van der Waals surface area contributed by atoms with Gasteiger partial charge >= 0.3 is 0 Å².